The molecule has 146 valence electrons. The van der Waals surface area contributed by atoms with Crippen LogP contribution in [0.2, 0.25) is 5.02 Å². The minimum absolute atomic E-state index is 0.0641. The number of halogens is 1. The summed E-state index contributed by atoms with van der Waals surface area (Å²) in [6.07, 6.45) is 0. The Bertz CT molecular complexity index is 992. The fourth-order valence-corrected chi connectivity index (χ4v) is 3.91. The molecule has 0 atom stereocenters. The first-order valence-corrected chi connectivity index (χ1v) is 10.2. The number of hydrogen-bond donors (Lipinski definition) is 1. The minimum Gasteiger partial charge on any atom is -0.483 e. The molecule has 0 aliphatic carbocycles. The Morgan fingerprint density at radius 2 is 1.93 bits per heavy atom. The molecule has 6 heteroatoms. The lowest BCUT2D eigenvalue weighted by atomic mass is 9.86. The normalized spacial score (nSPS) is 11.3. The van der Waals surface area contributed by atoms with Crippen LogP contribution in [0.5, 0.6) is 5.75 Å². The van der Waals surface area contributed by atoms with Gasteiger partial charge >= 0.3 is 0 Å². The first-order valence-electron chi connectivity index (χ1n) is 8.99. The second-order valence-electron chi connectivity index (χ2n) is 7.52. The van der Waals surface area contributed by atoms with Crippen LogP contribution in [0.4, 0.5) is 5.13 Å². The molecule has 4 nitrogen and oxygen atoms in total. The van der Waals surface area contributed by atoms with Gasteiger partial charge in [0.15, 0.2) is 11.7 Å². The Kier molecular flexibility index (Phi) is 6.06. The number of ether oxygens (including phenoxy) is 1. The third kappa shape index (κ3) is 4.91. The molecule has 0 bridgehead atoms. The Morgan fingerprint density at radius 1 is 1.18 bits per heavy atom. The summed E-state index contributed by atoms with van der Waals surface area (Å²) < 4.78 is 5.78. The zero-order valence-corrected chi connectivity index (χ0v) is 17.9. The van der Waals surface area contributed by atoms with Crippen molar-refractivity contribution in [1.82, 2.24) is 4.98 Å². The molecule has 1 aromatic heterocycles. The lowest BCUT2D eigenvalue weighted by molar-refractivity contribution is -0.118. The van der Waals surface area contributed by atoms with Crippen molar-refractivity contribution in [3.05, 3.63) is 64.0 Å². The largest absolute Gasteiger partial charge is 0.483 e. The van der Waals surface area contributed by atoms with E-state index in [4.69, 9.17) is 16.3 Å². The van der Waals surface area contributed by atoms with E-state index in [0.29, 0.717) is 10.2 Å². The minimum atomic E-state index is -0.241. The molecule has 2 aromatic carbocycles. The van der Waals surface area contributed by atoms with Crippen molar-refractivity contribution in [3.8, 4) is 17.0 Å². The van der Waals surface area contributed by atoms with E-state index in [1.54, 1.807) is 0 Å². The Hall–Kier alpha value is -2.37. The summed E-state index contributed by atoms with van der Waals surface area (Å²) in [5.74, 6) is 0.482. The average molecular weight is 415 g/mol. The molecule has 1 heterocycles. The number of aryl methyl sites for hydroxylation is 1. The zero-order chi connectivity index (χ0) is 20.3. The van der Waals surface area contributed by atoms with Crippen molar-refractivity contribution < 1.29 is 9.53 Å². The van der Waals surface area contributed by atoms with Gasteiger partial charge in [-0.1, -0.05) is 62.7 Å². The highest BCUT2D eigenvalue weighted by molar-refractivity contribution is 7.16. The summed E-state index contributed by atoms with van der Waals surface area (Å²) in [4.78, 5) is 17.9. The van der Waals surface area contributed by atoms with Gasteiger partial charge < -0.3 is 4.74 Å². The highest BCUT2D eigenvalue weighted by Crippen LogP contribution is 2.32. The van der Waals surface area contributed by atoms with E-state index in [0.717, 1.165) is 27.4 Å². The van der Waals surface area contributed by atoms with Gasteiger partial charge in [-0.15, -0.1) is 11.3 Å². The molecule has 0 unspecified atom stereocenters. The van der Waals surface area contributed by atoms with E-state index in [2.05, 4.69) is 31.1 Å². The van der Waals surface area contributed by atoms with Gasteiger partial charge in [0.2, 0.25) is 0 Å². The van der Waals surface area contributed by atoms with Crippen LogP contribution in [0, 0.1) is 6.92 Å². The summed E-state index contributed by atoms with van der Waals surface area (Å²) >= 11 is 7.50. The quantitative estimate of drug-likeness (QED) is 0.549. The van der Waals surface area contributed by atoms with Gasteiger partial charge in [-0.25, -0.2) is 4.98 Å². The molecule has 0 saturated carbocycles. The number of nitrogens with zero attached hydrogens (tertiary/aromatic N) is 1. The van der Waals surface area contributed by atoms with Gasteiger partial charge in [-0.2, -0.15) is 0 Å². The Morgan fingerprint density at radius 3 is 2.64 bits per heavy atom. The fraction of sp³-hybridized carbons (Fsp3) is 0.273. The average Bonchev–Trinajstić information content (AvgIpc) is 2.99. The monoisotopic (exact) mass is 414 g/mol. The van der Waals surface area contributed by atoms with Crippen molar-refractivity contribution in [3.63, 3.8) is 0 Å². The Labute approximate surface area is 174 Å². The third-order valence-corrected chi connectivity index (χ3v) is 5.32. The van der Waals surface area contributed by atoms with E-state index in [1.165, 1.54) is 11.3 Å². The number of para-hydroxylation sites is 1. The standard InChI is InChI=1S/C22H23ClN2O2S/c1-14-20(15-8-7-9-16(23)12-15)25-21(28-14)24-19(26)13-27-18-11-6-5-10-17(18)22(2,3)4/h5-12H,13H2,1-4H3,(H,24,25,26). The first kappa shape index (κ1) is 20.4. The van der Waals surface area contributed by atoms with Crippen LogP contribution < -0.4 is 10.1 Å². The molecule has 0 radical (unpaired) electrons. The van der Waals surface area contributed by atoms with Crippen LogP contribution >= 0.6 is 22.9 Å². The second kappa shape index (κ2) is 8.33. The van der Waals surface area contributed by atoms with Crippen molar-refractivity contribution in [2.45, 2.75) is 33.1 Å². The maximum Gasteiger partial charge on any atom is 0.264 e. The maximum absolute atomic E-state index is 12.4. The molecular formula is C22H23ClN2O2S. The molecule has 0 spiro atoms. The number of nitrogens with one attached hydrogen (secondary N) is 1. The predicted molar refractivity (Wildman–Crippen MR) is 117 cm³/mol. The van der Waals surface area contributed by atoms with Gasteiger partial charge in [-0.05, 0) is 36.1 Å². The van der Waals surface area contributed by atoms with Crippen LogP contribution in [-0.4, -0.2) is 17.5 Å². The van der Waals surface area contributed by atoms with Crippen molar-refractivity contribution in [1.29, 1.82) is 0 Å². The van der Waals surface area contributed by atoms with Gasteiger partial charge in [0, 0.05) is 15.5 Å². The van der Waals surface area contributed by atoms with Crippen LogP contribution in [0.25, 0.3) is 11.3 Å². The second-order valence-corrected chi connectivity index (χ2v) is 9.16. The first-order chi connectivity index (χ1) is 13.2. The van der Waals surface area contributed by atoms with Crippen molar-refractivity contribution in [2.75, 3.05) is 11.9 Å². The smallest absolute Gasteiger partial charge is 0.264 e. The lowest BCUT2D eigenvalue weighted by Crippen LogP contribution is -2.21. The fourth-order valence-electron chi connectivity index (χ4n) is 2.86. The number of rotatable bonds is 5. The van der Waals surface area contributed by atoms with E-state index >= 15 is 0 Å². The summed E-state index contributed by atoms with van der Waals surface area (Å²) in [5.41, 5.74) is 2.75. The van der Waals surface area contributed by atoms with E-state index in [-0.39, 0.29) is 17.9 Å². The molecule has 0 aliphatic heterocycles. The van der Waals surface area contributed by atoms with E-state index in [1.807, 2.05) is 55.5 Å². The number of thiazole rings is 1. The number of benzene rings is 2. The number of carbonyl (C=O) groups is 1. The highest BCUT2D eigenvalue weighted by Gasteiger charge is 2.19. The van der Waals surface area contributed by atoms with E-state index < -0.39 is 0 Å². The molecule has 3 aromatic rings. The number of carbonyl (C=O) groups excluding carboxylic acids is 1. The third-order valence-electron chi connectivity index (χ3n) is 4.19. The lowest BCUT2D eigenvalue weighted by Gasteiger charge is -2.22. The van der Waals surface area contributed by atoms with E-state index in [9.17, 15) is 4.79 Å². The number of aromatic nitrogens is 1. The summed E-state index contributed by atoms with van der Waals surface area (Å²) in [5, 5.41) is 4.03. The number of hydrogen-bond acceptors (Lipinski definition) is 4. The number of anilines is 1. The predicted octanol–water partition coefficient (Wildman–Crippen LogP) is 6.09. The molecule has 0 saturated heterocycles. The zero-order valence-electron chi connectivity index (χ0n) is 16.4. The van der Waals surface area contributed by atoms with Crippen LogP contribution in [0.1, 0.15) is 31.2 Å². The Balaban J connectivity index is 1.68. The topological polar surface area (TPSA) is 51.2 Å². The molecular weight excluding hydrogens is 392 g/mol. The van der Waals surface area contributed by atoms with Crippen LogP contribution in [-0.2, 0) is 10.2 Å². The van der Waals surface area contributed by atoms with Gasteiger partial charge in [-0.3, -0.25) is 10.1 Å². The van der Waals surface area contributed by atoms with Gasteiger partial charge in [0.05, 0.1) is 5.69 Å². The summed E-state index contributed by atoms with van der Waals surface area (Å²) in [7, 11) is 0. The molecule has 3 rings (SSSR count). The molecule has 0 aliphatic rings. The summed E-state index contributed by atoms with van der Waals surface area (Å²) in [6, 6.07) is 15.3. The van der Waals surface area contributed by atoms with Crippen molar-refractivity contribution in [2.24, 2.45) is 0 Å². The molecule has 1 N–H and O–H groups in total. The van der Waals surface area contributed by atoms with Crippen LogP contribution in [0.15, 0.2) is 48.5 Å². The van der Waals surface area contributed by atoms with Gasteiger partial charge in [0.1, 0.15) is 5.75 Å². The molecule has 0 fully saturated rings. The van der Waals surface area contributed by atoms with Crippen LogP contribution in [0.3, 0.4) is 0 Å². The summed E-state index contributed by atoms with van der Waals surface area (Å²) in [6.45, 7) is 8.25. The van der Waals surface area contributed by atoms with Gasteiger partial charge in [0.25, 0.3) is 5.91 Å². The maximum atomic E-state index is 12.4. The van der Waals surface area contributed by atoms with Crippen molar-refractivity contribution >= 4 is 34.0 Å². The highest BCUT2D eigenvalue weighted by atomic mass is 35.5. The number of amides is 1. The SMILES string of the molecule is Cc1sc(NC(=O)COc2ccccc2C(C)(C)C)nc1-c1cccc(Cl)c1. The molecule has 28 heavy (non-hydrogen) atoms. The molecule has 1 amide bonds.